The number of carboxylic acid groups (broad SMARTS) is 1. The standard InChI is InChI=1S/C12H14O2/c1-8-5-4-6-11(10(8)3)7-9(2)12(13)14/h4-6H,2,7H2,1,3H3,(H,13,14)/p-1. The first-order valence-electron chi connectivity index (χ1n) is 4.46. The molecule has 0 amide bonds. The van der Waals surface area contributed by atoms with E-state index in [0.717, 1.165) is 16.7 Å². The summed E-state index contributed by atoms with van der Waals surface area (Å²) in [4.78, 5) is 10.5. The Morgan fingerprint density at radius 1 is 1.43 bits per heavy atom. The summed E-state index contributed by atoms with van der Waals surface area (Å²) in [6, 6.07) is 5.83. The molecular formula is C12H13O2-. The van der Waals surface area contributed by atoms with E-state index >= 15 is 0 Å². The van der Waals surface area contributed by atoms with Crippen LogP contribution in [0, 0.1) is 13.8 Å². The number of carbonyl (C=O) groups is 1. The van der Waals surface area contributed by atoms with Crippen LogP contribution in [0.15, 0.2) is 30.4 Å². The summed E-state index contributed by atoms with van der Waals surface area (Å²) < 4.78 is 0. The van der Waals surface area contributed by atoms with Crippen molar-refractivity contribution in [3.05, 3.63) is 47.0 Å². The molecule has 0 aliphatic rings. The highest BCUT2D eigenvalue weighted by atomic mass is 16.4. The maximum absolute atomic E-state index is 10.5. The van der Waals surface area contributed by atoms with Gasteiger partial charge in [-0.2, -0.15) is 0 Å². The summed E-state index contributed by atoms with van der Waals surface area (Å²) in [5.41, 5.74) is 3.40. The number of hydrogen-bond acceptors (Lipinski definition) is 2. The van der Waals surface area contributed by atoms with Gasteiger partial charge < -0.3 is 9.90 Å². The van der Waals surface area contributed by atoms with Gasteiger partial charge in [-0.15, -0.1) is 0 Å². The van der Waals surface area contributed by atoms with E-state index in [4.69, 9.17) is 0 Å². The highest BCUT2D eigenvalue weighted by Crippen LogP contribution is 2.15. The molecule has 0 saturated carbocycles. The Bertz CT molecular complexity index is 378. The van der Waals surface area contributed by atoms with Crippen molar-refractivity contribution in [1.82, 2.24) is 0 Å². The summed E-state index contributed by atoms with van der Waals surface area (Å²) in [5.74, 6) is -1.18. The van der Waals surface area contributed by atoms with E-state index in [1.807, 2.05) is 32.0 Å². The molecule has 2 heteroatoms. The zero-order valence-corrected chi connectivity index (χ0v) is 8.46. The molecule has 0 heterocycles. The van der Waals surface area contributed by atoms with Gasteiger partial charge in [0.15, 0.2) is 0 Å². The van der Waals surface area contributed by atoms with Gasteiger partial charge in [-0.3, -0.25) is 0 Å². The number of aryl methyl sites for hydroxylation is 1. The second kappa shape index (κ2) is 4.09. The number of aliphatic carboxylic acids is 1. The Labute approximate surface area is 83.9 Å². The van der Waals surface area contributed by atoms with E-state index in [2.05, 4.69) is 6.58 Å². The van der Waals surface area contributed by atoms with E-state index in [1.54, 1.807) is 0 Å². The Balaban J connectivity index is 2.93. The molecule has 0 saturated heterocycles. The van der Waals surface area contributed by atoms with Crippen molar-refractivity contribution in [3.8, 4) is 0 Å². The van der Waals surface area contributed by atoms with Crippen LogP contribution < -0.4 is 5.11 Å². The molecule has 1 rings (SSSR count). The first-order valence-corrected chi connectivity index (χ1v) is 4.46. The summed E-state index contributed by atoms with van der Waals surface area (Å²) in [6.45, 7) is 7.44. The topological polar surface area (TPSA) is 40.1 Å². The molecule has 1 aromatic rings. The van der Waals surface area contributed by atoms with E-state index in [9.17, 15) is 9.90 Å². The predicted octanol–water partition coefficient (Wildman–Crippen LogP) is 1.15. The largest absolute Gasteiger partial charge is 0.545 e. The molecule has 14 heavy (non-hydrogen) atoms. The molecule has 0 aliphatic carbocycles. The normalized spacial score (nSPS) is 9.86. The Kier molecular flexibility index (Phi) is 3.07. The maximum atomic E-state index is 10.5. The van der Waals surface area contributed by atoms with Gasteiger partial charge in [0.25, 0.3) is 0 Å². The quantitative estimate of drug-likeness (QED) is 0.669. The maximum Gasteiger partial charge on any atom is 0.0672 e. The van der Waals surface area contributed by atoms with E-state index < -0.39 is 5.97 Å². The molecule has 2 nitrogen and oxygen atoms in total. The van der Waals surface area contributed by atoms with E-state index in [-0.39, 0.29) is 5.57 Å². The zero-order chi connectivity index (χ0) is 10.7. The van der Waals surface area contributed by atoms with Crippen LogP contribution in [0.25, 0.3) is 0 Å². The molecule has 0 bridgehead atoms. The minimum Gasteiger partial charge on any atom is -0.545 e. The van der Waals surface area contributed by atoms with Crippen LogP contribution in [-0.2, 0) is 11.2 Å². The first-order chi connectivity index (χ1) is 6.52. The third-order valence-electron chi connectivity index (χ3n) is 2.41. The summed E-state index contributed by atoms with van der Waals surface area (Å²) >= 11 is 0. The van der Waals surface area contributed by atoms with Crippen LogP contribution in [0.2, 0.25) is 0 Å². The highest BCUT2D eigenvalue weighted by molar-refractivity contribution is 5.84. The van der Waals surface area contributed by atoms with Crippen LogP contribution in [0.1, 0.15) is 16.7 Å². The minimum atomic E-state index is -1.18. The van der Waals surface area contributed by atoms with Crippen molar-refractivity contribution in [2.45, 2.75) is 20.3 Å². The lowest BCUT2D eigenvalue weighted by Crippen LogP contribution is -2.25. The lowest BCUT2D eigenvalue weighted by molar-refractivity contribution is -0.299. The SMILES string of the molecule is C=C(Cc1cccc(C)c1C)C(=O)[O-]. The Morgan fingerprint density at radius 3 is 2.64 bits per heavy atom. The van der Waals surface area contributed by atoms with Crippen LogP contribution in [-0.4, -0.2) is 5.97 Å². The molecule has 0 N–H and O–H groups in total. The highest BCUT2D eigenvalue weighted by Gasteiger charge is 2.02. The van der Waals surface area contributed by atoms with Crippen molar-refractivity contribution in [1.29, 1.82) is 0 Å². The van der Waals surface area contributed by atoms with Crippen LogP contribution in [0.3, 0.4) is 0 Å². The fourth-order valence-electron chi connectivity index (χ4n) is 1.31. The van der Waals surface area contributed by atoms with Gasteiger partial charge >= 0.3 is 0 Å². The average Bonchev–Trinajstić information content (AvgIpc) is 2.12. The van der Waals surface area contributed by atoms with Gasteiger partial charge in [-0.25, -0.2) is 0 Å². The second-order valence-corrected chi connectivity index (χ2v) is 3.43. The van der Waals surface area contributed by atoms with Gasteiger partial charge in [0.2, 0.25) is 0 Å². The predicted molar refractivity (Wildman–Crippen MR) is 53.8 cm³/mol. The number of benzene rings is 1. The van der Waals surface area contributed by atoms with Gasteiger partial charge in [0, 0.05) is 0 Å². The third kappa shape index (κ3) is 2.22. The van der Waals surface area contributed by atoms with Crippen molar-refractivity contribution < 1.29 is 9.90 Å². The third-order valence-corrected chi connectivity index (χ3v) is 2.41. The Morgan fingerprint density at radius 2 is 2.07 bits per heavy atom. The molecule has 1 aromatic carbocycles. The molecule has 0 spiro atoms. The van der Waals surface area contributed by atoms with Crippen LogP contribution in [0.5, 0.6) is 0 Å². The first kappa shape index (κ1) is 10.5. The number of carbonyl (C=O) groups excluding carboxylic acids is 1. The van der Waals surface area contributed by atoms with Crippen molar-refractivity contribution in [3.63, 3.8) is 0 Å². The number of rotatable bonds is 3. The number of hydrogen-bond donors (Lipinski definition) is 0. The van der Waals surface area contributed by atoms with Crippen LogP contribution >= 0.6 is 0 Å². The molecular weight excluding hydrogens is 176 g/mol. The van der Waals surface area contributed by atoms with E-state index in [0.29, 0.717) is 6.42 Å². The van der Waals surface area contributed by atoms with Crippen molar-refractivity contribution >= 4 is 5.97 Å². The number of carboxylic acids is 1. The monoisotopic (exact) mass is 189 g/mol. The smallest absolute Gasteiger partial charge is 0.0672 e. The molecule has 74 valence electrons. The molecule has 0 fully saturated rings. The van der Waals surface area contributed by atoms with Crippen molar-refractivity contribution in [2.75, 3.05) is 0 Å². The van der Waals surface area contributed by atoms with Gasteiger partial charge in [-0.1, -0.05) is 24.8 Å². The van der Waals surface area contributed by atoms with Gasteiger partial charge in [0.1, 0.15) is 0 Å². The van der Waals surface area contributed by atoms with Gasteiger partial charge in [0.05, 0.1) is 5.97 Å². The fourth-order valence-corrected chi connectivity index (χ4v) is 1.31. The van der Waals surface area contributed by atoms with E-state index in [1.165, 1.54) is 0 Å². The summed E-state index contributed by atoms with van der Waals surface area (Å²) in [5, 5.41) is 10.5. The van der Waals surface area contributed by atoms with Crippen LogP contribution in [0.4, 0.5) is 0 Å². The zero-order valence-electron chi connectivity index (χ0n) is 8.46. The molecule has 0 unspecified atom stereocenters. The molecule has 0 radical (unpaired) electrons. The lowest BCUT2D eigenvalue weighted by atomic mass is 9.98. The molecule has 0 aromatic heterocycles. The van der Waals surface area contributed by atoms with Gasteiger partial charge in [-0.05, 0) is 42.5 Å². The summed E-state index contributed by atoms with van der Waals surface area (Å²) in [7, 11) is 0. The molecule has 0 atom stereocenters. The average molecular weight is 189 g/mol. The fraction of sp³-hybridized carbons (Fsp3) is 0.250. The van der Waals surface area contributed by atoms with Crippen molar-refractivity contribution in [2.24, 2.45) is 0 Å². The lowest BCUT2D eigenvalue weighted by Gasteiger charge is -2.10. The second-order valence-electron chi connectivity index (χ2n) is 3.43. The molecule has 0 aliphatic heterocycles. The summed E-state index contributed by atoms with van der Waals surface area (Å²) in [6.07, 6.45) is 0.357. The Hall–Kier alpha value is -1.57. The minimum absolute atomic E-state index is 0.124.